The predicted octanol–water partition coefficient (Wildman–Crippen LogP) is 3.16. The second-order valence-electron chi connectivity index (χ2n) is 6.10. The fourth-order valence-corrected chi connectivity index (χ4v) is 2.05. The van der Waals surface area contributed by atoms with Gasteiger partial charge in [0, 0.05) is 0 Å². The van der Waals surface area contributed by atoms with E-state index in [2.05, 4.69) is 57.0 Å². The third kappa shape index (κ3) is 30.6. The van der Waals surface area contributed by atoms with Crippen LogP contribution in [0.2, 0.25) is 0 Å². The number of rotatable bonds is 2. The molecule has 0 spiro atoms. The van der Waals surface area contributed by atoms with Crippen LogP contribution < -0.4 is 48.5 Å². The summed E-state index contributed by atoms with van der Waals surface area (Å²) in [7, 11) is 0. The van der Waals surface area contributed by atoms with Gasteiger partial charge in [-0.1, -0.05) is 0 Å². The van der Waals surface area contributed by atoms with Gasteiger partial charge in [0.05, 0.1) is 24.5 Å². The molecule has 38 heavy (non-hydrogen) atoms. The number of hydrogen-bond donors (Lipinski definition) is 9. The van der Waals surface area contributed by atoms with Crippen molar-refractivity contribution in [2.75, 3.05) is 0 Å². The van der Waals surface area contributed by atoms with Gasteiger partial charge in [0.1, 0.15) is 0 Å². The van der Waals surface area contributed by atoms with Gasteiger partial charge in [-0.3, -0.25) is 10.6 Å². The fourth-order valence-electron chi connectivity index (χ4n) is 1.68. The SMILES string of the molecule is C=C(F)F.C=C(F)F.C=C(F)F.CC1NNC(OF)N1.CC1NNC(SF)N1.FC1NNC(C(F)(F)F)N1. The molecule has 0 radical (unpaired) electrons. The van der Waals surface area contributed by atoms with E-state index in [1.54, 1.807) is 16.2 Å². The quantitative estimate of drug-likeness (QED) is 0.170. The Labute approximate surface area is 213 Å². The molecule has 6 atom stereocenters. The minimum Gasteiger partial charge on any atom is -0.274 e. The maximum Gasteiger partial charge on any atom is 0.418 e. The van der Waals surface area contributed by atoms with E-state index in [1.165, 1.54) is 0 Å². The molecule has 3 heterocycles. The molecular weight excluding hydrogens is 582 g/mol. The minimum atomic E-state index is -4.46. The molecule has 6 unspecified atom stereocenters. The molecule has 3 saturated heterocycles. The molecule has 0 amide bonds. The van der Waals surface area contributed by atoms with Crippen LogP contribution in [0.15, 0.2) is 38.0 Å². The summed E-state index contributed by atoms with van der Waals surface area (Å²) in [5.74, 6) is 0. The molecule has 3 aliphatic heterocycles. The molecule has 3 fully saturated rings. The van der Waals surface area contributed by atoms with E-state index >= 15 is 0 Å². The van der Waals surface area contributed by atoms with Crippen LogP contribution in [0.5, 0.6) is 0 Å². The molecule has 0 saturated carbocycles. The second kappa shape index (κ2) is 23.2. The summed E-state index contributed by atoms with van der Waals surface area (Å²) in [5.41, 5.74) is 13.8. The van der Waals surface area contributed by atoms with E-state index in [1.807, 2.05) is 13.8 Å². The zero-order valence-corrected chi connectivity index (χ0v) is 20.3. The molecular formula is C15H27F12N9OS. The van der Waals surface area contributed by atoms with Crippen molar-refractivity contribution in [3.8, 4) is 0 Å². The standard InChI is InChI=1S/C3H5F4N3.C3H8FN3O.C3H8FN3S.3C2H2F2/c4-2-8-1(9-10-2)3(5,6)7;2*1-2-5-3(8-4)7-6-2;3*1-2(3)4/h1-2,8-10H;2*2-3,5-7H,1H3;3*1H2. The van der Waals surface area contributed by atoms with Crippen molar-refractivity contribution < 1.29 is 57.3 Å². The lowest BCUT2D eigenvalue weighted by Crippen LogP contribution is -2.46. The van der Waals surface area contributed by atoms with E-state index in [0.29, 0.717) is 0 Å². The van der Waals surface area contributed by atoms with Gasteiger partial charge in [-0.25, -0.2) is 42.3 Å². The Morgan fingerprint density at radius 3 is 1.29 bits per heavy atom. The van der Waals surface area contributed by atoms with Crippen LogP contribution in [0, 0.1) is 0 Å². The number of hydrazine groups is 3. The van der Waals surface area contributed by atoms with Gasteiger partial charge in [0.15, 0.2) is 11.7 Å². The predicted molar refractivity (Wildman–Crippen MR) is 114 cm³/mol. The normalized spacial score (nSPS) is 27.3. The first-order valence-electron chi connectivity index (χ1n) is 9.42. The molecule has 0 aliphatic carbocycles. The molecule has 3 aliphatic rings. The van der Waals surface area contributed by atoms with Crippen LogP contribution in [0.3, 0.4) is 0 Å². The van der Waals surface area contributed by atoms with Crippen molar-refractivity contribution in [2.45, 2.75) is 56.8 Å². The summed E-state index contributed by atoms with van der Waals surface area (Å²) in [6.07, 6.45) is -14.3. The average molecular weight is 609 g/mol. The van der Waals surface area contributed by atoms with E-state index < -0.39 is 43.4 Å². The number of hydrogen-bond acceptors (Lipinski definition) is 11. The smallest absolute Gasteiger partial charge is 0.274 e. The monoisotopic (exact) mass is 609 g/mol. The van der Waals surface area contributed by atoms with E-state index in [4.69, 9.17) is 0 Å². The summed E-state index contributed by atoms with van der Waals surface area (Å²) in [4.78, 5) is 3.40. The van der Waals surface area contributed by atoms with Gasteiger partial charge < -0.3 is 0 Å². The van der Waals surface area contributed by atoms with E-state index in [9.17, 15) is 52.3 Å². The number of nitrogens with one attached hydrogen (secondary N) is 9. The van der Waals surface area contributed by atoms with Crippen molar-refractivity contribution in [3.05, 3.63) is 38.0 Å². The third-order valence-corrected chi connectivity index (χ3v) is 3.27. The minimum absolute atomic E-state index is 0.0516. The van der Waals surface area contributed by atoms with Gasteiger partial charge in [-0.05, 0) is 38.1 Å². The first-order chi connectivity index (χ1) is 17.3. The van der Waals surface area contributed by atoms with Crippen LogP contribution in [0.1, 0.15) is 13.8 Å². The van der Waals surface area contributed by atoms with Gasteiger partial charge in [-0.15, -0.1) is 0 Å². The molecule has 0 aromatic carbocycles. The van der Waals surface area contributed by atoms with Crippen LogP contribution in [0.4, 0.5) is 52.3 Å². The summed E-state index contributed by atoms with van der Waals surface area (Å²) >= 11 is 0.251. The largest absolute Gasteiger partial charge is 0.418 e. The fraction of sp³-hybridized carbons (Fsp3) is 0.600. The molecule has 23 heteroatoms. The summed E-state index contributed by atoms with van der Waals surface area (Å²) in [6.45, 7) is 10.4. The molecule has 9 N–H and O–H groups in total. The Bertz CT molecular complexity index is 594. The highest BCUT2D eigenvalue weighted by atomic mass is 32.2. The van der Waals surface area contributed by atoms with Gasteiger partial charge in [0.25, 0.3) is 18.2 Å². The molecule has 0 bridgehead atoms. The molecule has 0 aromatic heterocycles. The Morgan fingerprint density at radius 2 is 1.13 bits per heavy atom. The van der Waals surface area contributed by atoms with Crippen molar-refractivity contribution in [3.63, 3.8) is 0 Å². The maximum atomic E-state index is 11.9. The van der Waals surface area contributed by atoms with Gasteiger partial charge in [0.2, 0.25) is 12.8 Å². The zero-order valence-electron chi connectivity index (χ0n) is 19.4. The third-order valence-electron chi connectivity index (χ3n) is 2.84. The number of alkyl halides is 4. The lowest BCUT2D eigenvalue weighted by Gasteiger charge is -2.12. The van der Waals surface area contributed by atoms with Crippen LogP contribution in [-0.2, 0) is 4.94 Å². The van der Waals surface area contributed by atoms with Crippen molar-refractivity contribution in [1.82, 2.24) is 48.5 Å². The molecule has 0 aromatic rings. The van der Waals surface area contributed by atoms with Crippen molar-refractivity contribution in [2.24, 2.45) is 0 Å². The Hall–Kier alpha value is -1.67. The highest BCUT2D eigenvalue weighted by Crippen LogP contribution is 2.19. The number of halogens is 12. The molecule has 10 nitrogen and oxygen atoms in total. The van der Waals surface area contributed by atoms with Crippen molar-refractivity contribution in [1.29, 1.82) is 0 Å². The van der Waals surface area contributed by atoms with Crippen molar-refractivity contribution >= 4 is 12.1 Å². The zero-order chi connectivity index (χ0) is 30.5. The first-order valence-corrected chi connectivity index (χ1v) is 10.2. The van der Waals surface area contributed by atoms with E-state index in [0.717, 1.165) is 0 Å². The average Bonchev–Trinajstić information content (AvgIpc) is 3.48. The maximum absolute atomic E-state index is 11.9. The Kier molecular flexibility index (Phi) is 25.0. The topological polar surface area (TPSA) is 118 Å². The van der Waals surface area contributed by atoms with E-state index in [-0.39, 0.29) is 30.0 Å². The van der Waals surface area contributed by atoms with Crippen LogP contribution in [0.25, 0.3) is 0 Å². The molecule has 228 valence electrons. The Morgan fingerprint density at radius 1 is 0.711 bits per heavy atom. The lowest BCUT2D eigenvalue weighted by atomic mass is 10.5. The Balaban J connectivity index is -0.000000404. The summed E-state index contributed by atoms with van der Waals surface area (Å²) < 4.78 is 130. The van der Waals surface area contributed by atoms with Gasteiger partial charge in [-0.2, -0.15) is 48.3 Å². The van der Waals surface area contributed by atoms with Gasteiger partial charge >= 0.3 is 6.18 Å². The van der Waals surface area contributed by atoms with Crippen LogP contribution >= 0.6 is 12.1 Å². The van der Waals surface area contributed by atoms with Crippen LogP contribution in [-0.4, -0.2) is 42.9 Å². The lowest BCUT2D eigenvalue weighted by molar-refractivity contribution is -0.193. The molecule has 3 rings (SSSR count). The highest BCUT2D eigenvalue weighted by molar-refractivity contribution is 7.94. The summed E-state index contributed by atoms with van der Waals surface area (Å²) in [5, 5.41) is 7.13. The first kappa shape index (κ1) is 40.8. The second-order valence-corrected chi connectivity index (χ2v) is 6.75. The highest BCUT2D eigenvalue weighted by Gasteiger charge is 2.44. The summed E-state index contributed by atoms with van der Waals surface area (Å²) in [6, 6.07) is 0.